The van der Waals surface area contributed by atoms with Crippen molar-refractivity contribution in [1.29, 1.82) is 5.26 Å². The predicted molar refractivity (Wildman–Crippen MR) is 101 cm³/mol. The third-order valence-corrected chi connectivity index (χ3v) is 4.21. The molecule has 1 aromatic carbocycles. The molecular formula is C20H19FN6O. The highest BCUT2D eigenvalue weighted by atomic mass is 19.1. The molecule has 1 amide bonds. The second-order valence-electron chi connectivity index (χ2n) is 6.63. The maximum atomic E-state index is 14.1. The van der Waals surface area contributed by atoms with Gasteiger partial charge in [0.15, 0.2) is 5.82 Å². The molecular weight excluding hydrogens is 359 g/mol. The van der Waals surface area contributed by atoms with E-state index in [-0.39, 0.29) is 17.3 Å². The number of carbonyl (C=O) groups is 1. The van der Waals surface area contributed by atoms with E-state index >= 15 is 0 Å². The lowest BCUT2D eigenvalue weighted by atomic mass is 10.1. The number of aromatic nitrogens is 4. The molecule has 0 spiro atoms. The van der Waals surface area contributed by atoms with Crippen LogP contribution < -0.4 is 5.32 Å². The van der Waals surface area contributed by atoms with Crippen LogP contribution in [-0.4, -0.2) is 25.7 Å². The number of nitrogens with one attached hydrogen (secondary N) is 1. The van der Waals surface area contributed by atoms with Gasteiger partial charge in [0, 0.05) is 17.2 Å². The van der Waals surface area contributed by atoms with Crippen LogP contribution in [0.25, 0.3) is 11.3 Å². The minimum Gasteiger partial charge on any atom is -0.342 e. The highest BCUT2D eigenvalue weighted by molar-refractivity contribution is 5.95. The molecule has 2 aromatic heterocycles. The second kappa shape index (κ2) is 7.96. The molecule has 0 aliphatic rings. The molecule has 0 saturated carbocycles. The van der Waals surface area contributed by atoms with Crippen LogP contribution in [0, 0.1) is 17.1 Å². The summed E-state index contributed by atoms with van der Waals surface area (Å²) in [6, 6.07) is 10.5. The van der Waals surface area contributed by atoms with Crippen LogP contribution in [-0.2, 0) is 0 Å². The van der Waals surface area contributed by atoms with Gasteiger partial charge in [0.25, 0.3) is 5.91 Å². The first-order valence-corrected chi connectivity index (χ1v) is 8.77. The molecule has 8 heteroatoms. The van der Waals surface area contributed by atoms with Crippen LogP contribution in [0.4, 0.5) is 4.39 Å². The number of amides is 1. The summed E-state index contributed by atoms with van der Waals surface area (Å²) >= 11 is 0. The average Bonchev–Trinajstić information content (AvgIpc) is 3.18. The molecule has 1 atom stereocenters. The van der Waals surface area contributed by atoms with Crippen molar-refractivity contribution in [2.45, 2.75) is 32.9 Å². The van der Waals surface area contributed by atoms with Crippen molar-refractivity contribution in [3.8, 4) is 17.3 Å². The van der Waals surface area contributed by atoms with Crippen LogP contribution in [0.2, 0.25) is 0 Å². The smallest absolute Gasteiger partial charge is 0.251 e. The largest absolute Gasteiger partial charge is 0.342 e. The number of hydrogen-bond donors (Lipinski definition) is 1. The summed E-state index contributed by atoms with van der Waals surface area (Å²) in [5.41, 5.74) is 1.21. The molecule has 142 valence electrons. The van der Waals surface area contributed by atoms with E-state index in [2.05, 4.69) is 20.5 Å². The zero-order valence-corrected chi connectivity index (χ0v) is 15.7. The van der Waals surface area contributed by atoms with E-state index in [1.807, 2.05) is 24.5 Å². The van der Waals surface area contributed by atoms with Gasteiger partial charge in [-0.2, -0.15) is 5.26 Å². The number of hydrogen-bond acceptors (Lipinski definition) is 5. The molecule has 0 radical (unpaired) electrons. The Kier molecular flexibility index (Phi) is 5.45. The van der Waals surface area contributed by atoms with Gasteiger partial charge in [0.1, 0.15) is 23.9 Å². The van der Waals surface area contributed by atoms with Crippen LogP contribution in [0.3, 0.4) is 0 Å². The zero-order chi connectivity index (χ0) is 20.3. The standard InChI is InChI=1S/C20H19FN6O/c1-12(2)27-11-23-26-19(27)13(3)24-20(28)15-7-14(8-16(21)9-15)18-6-4-5-17(10-22)25-18/h4-9,11-13H,1-3H3,(H,24,28). The molecule has 0 aliphatic carbocycles. The second-order valence-corrected chi connectivity index (χ2v) is 6.63. The summed E-state index contributed by atoms with van der Waals surface area (Å²) in [5.74, 6) is -0.392. The van der Waals surface area contributed by atoms with Gasteiger partial charge in [-0.15, -0.1) is 10.2 Å². The van der Waals surface area contributed by atoms with Gasteiger partial charge in [0.05, 0.1) is 11.7 Å². The number of halogens is 1. The fraction of sp³-hybridized carbons (Fsp3) is 0.250. The topological polar surface area (TPSA) is 96.5 Å². The van der Waals surface area contributed by atoms with Crippen LogP contribution in [0.5, 0.6) is 0 Å². The van der Waals surface area contributed by atoms with E-state index in [0.717, 1.165) is 6.07 Å². The molecule has 1 N–H and O–H groups in total. The average molecular weight is 378 g/mol. The van der Waals surface area contributed by atoms with Crippen LogP contribution >= 0.6 is 0 Å². The first-order valence-electron chi connectivity index (χ1n) is 8.77. The number of carbonyl (C=O) groups excluding carboxylic acids is 1. The first-order chi connectivity index (χ1) is 13.4. The Morgan fingerprint density at radius 1 is 1.25 bits per heavy atom. The summed E-state index contributed by atoms with van der Waals surface area (Å²) in [4.78, 5) is 16.8. The molecule has 2 heterocycles. The summed E-state index contributed by atoms with van der Waals surface area (Å²) in [6.07, 6.45) is 1.61. The van der Waals surface area contributed by atoms with Gasteiger partial charge in [-0.25, -0.2) is 9.37 Å². The zero-order valence-electron chi connectivity index (χ0n) is 15.7. The Morgan fingerprint density at radius 2 is 2.04 bits per heavy atom. The number of rotatable bonds is 5. The van der Waals surface area contributed by atoms with Crippen molar-refractivity contribution >= 4 is 5.91 Å². The fourth-order valence-corrected chi connectivity index (χ4v) is 2.83. The number of nitrogens with zero attached hydrogens (tertiary/aromatic N) is 5. The number of pyridine rings is 1. The van der Waals surface area contributed by atoms with Crippen molar-refractivity contribution in [3.63, 3.8) is 0 Å². The lowest BCUT2D eigenvalue weighted by Crippen LogP contribution is -2.29. The summed E-state index contributed by atoms with van der Waals surface area (Å²) in [6.45, 7) is 5.77. The Balaban J connectivity index is 1.87. The third kappa shape index (κ3) is 4.04. The van der Waals surface area contributed by atoms with E-state index in [9.17, 15) is 9.18 Å². The Labute approximate surface area is 161 Å². The van der Waals surface area contributed by atoms with E-state index < -0.39 is 17.8 Å². The van der Waals surface area contributed by atoms with Crippen molar-refractivity contribution in [2.24, 2.45) is 0 Å². The van der Waals surface area contributed by atoms with Gasteiger partial charge >= 0.3 is 0 Å². The lowest BCUT2D eigenvalue weighted by Gasteiger charge is -2.17. The van der Waals surface area contributed by atoms with E-state index in [1.165, 1.54) is 6.07 Å². The molecule has 1 unspecified atom stereocenters. The minimum absolute atomic E-state index is 0.142. The normalized spacial score (nSPS) is 11.9. The highest BCUT2D eigenvalue weighted by Crippen LogP contribution is 2.22. The lowest BCUT2D eigenvalue weighted by molar-refractivity contribution is 0.0937. The molecule has 3 rings (SSSR count). The van der Waals surface area contributed by atoms with Gasteiger partial charge < -0.3 is 9.88 Å². The molecule has 0 aliphatic heterocycles. The summed E-state index contributed by atoms with van der Waals surface area (Å²) in [5, 5.41) is 19.8. The van der Waals surface area contributed by atoms with E-state index in [0.29, 0.717) is 17.1 Å². The Morgan fingerprint density at radius 3 is 2.75 bits per heavy atom. The number of benzene rings is 1. The van der Waals surface area contributed by atoms with Crippen molar-refractivity contribution < 1.29 is 9.18 Å². The quantitative estimate of drug-likeness (QED) is 0.734. The molecule has 3 aromatic rings. The van der Waals surface area contributed by atoms with Gasteiger partial charge in [-0.1, -0.05) is 6.07 Å². The molecule has 0 saturated heterocycles. The van der Waals surface area contributed by atoms with Gasteiger partial charge in [-0.05, 0) is 51.1 Å². The molecule has 0 bridgehead atoms. The Hall–Kier alpha value is -3.60. The van der Waals surface area contributed by atoms with Gasteiger partial charge in [-0.3, -0.25) is 4.79 Å². The summed E-state index contributed by atoms with van der Waals surface area (Å²) < 4.78 is 16.0. The van der Waals surface area contributed by atoms with Crippen LogP contribution in [0.1, 0.15) is 54.7 Å². The molecule has 28 heavy (non-hydrogen) atoms. The first kappa shape index (κ1) is 19.2. The maximum absolute atomic E-state index is 14.1. The maximum Gasteiger partial charge on any atom is 0.251 e. The Bertz CT molecular complexity index is 1050. The fourth-order valence-electron chi connectivity index (χ4n) is 2.83. The van der Waals surface area contributed by atoms with Gasteiger partial charge in [0.2, 0.25) is 0 Å². The monoisotopic (exact) mass is 378 g/mol. The van der Waals surface area contributed by atoms with E-state index in [4.69, 9.17) is 5.26 Å². The minimum atomic E-state index is -0.565. The van der Waals surface area contributed by atoms with Crippen molar-refractivity contribution in [3.05, 3.63) is 65.6 Å². The van der Waals surface area contributed by atoms with Crippen molar-refractivity contribution in [1.82, 2.24) is 25.1 Å². The summed E-state index contributed by atoms with van der Waals surface area (Å²) in [7, 11) is 0. The molecule has 7 nitrogen and oxygen atoms in total. The third-order valence-electron chi connectivity index (χ3n) is 4.21. The highest BCUT2D eigenvalue weighted by Gasteiger charge is 2.19. The van der Waals surface area contributed by atoms with E-state index in [1.54, 1.807) is 37.5 Å². The molecule has 0 fully saturated rings. The SMILES string of the molecule is CC(NC(=O)c1cc(F)cc(-c2cccc(C#N)n2)c1)c1nncn1C(C)C. The number of nitriles is 1. The predicted octanol–water partition coefficient (Wildman–Crippen LogP) is 3.42. The van der Waals surface area contributed by atoms with Crippen LogP contribution in [0.15, 0.2) is 42.7 Å². The van der Waals surface area contributed by atoms with Crippen molar-refractivity contribution in [2.75, 3.05) is 0 Å².